The van der Waals surface area contributed by atoms with Gasteiger partial charge in [-0.1, -0.05) is 37.3 Å². The van der Waals surface area contributed by atoms with E-state index in [9.17, 15) is 22.0 Å². The molecular formula is C18H20F2N2O3S. The van der Waals surface area contributed by atoms with Crippen LogP contribution in [-0.4, -0.2) is 27.4 Å². The van der Waals surface area contributed by atoms with E-state index >= 15 is 0 Å². The first-order valence-electron chi connectivity index (χ1n) is 8.06. The summed E-state index contributed by atoms with van der Waals surface area (Å²) in [6.45, 7) is 2.26. The van der Waals surface area contributed by atoms with Crippen LogP contribution in [0.2, 0.25) is 0 Å². The van der Waals surface area contributed by atoms with Crippen LogP contribution in [0.5, 0.6) is 0 Å². The number of hydrogen-bond acceptors (Lipinski definition) is 3. The number of sulfonamides is 1. The summed E-state index contributed by atoms with van der Waals surface area (Å²) in [6, 6.07) is 12.0. The number of carbonyl (C=O) groups is 1. The van der Waals surface area contributed by atoms with E-state index in [2.05, 4.69) is 10.0 Å². The second-order valence-electron chi connectivity index (χ2n) is 5.84. The molecule has 0 spiro atoms. The fourth-order valence-electron chi connectivity index (χ4n) is 2.28. The Bertz CT molecular complexity index is 858. The van der Waals surface area contributed by atoms with Crippen molar-refractivity contribution in [2.45, 2.75) is 24.2 Å². The number of hydrogen-bond donors (Lipinski definition) is 2. The zero-order valence-electron chi connectivity index (χ0n) is 14.2. The molecule has 140 valence electrons. The quantitative estimate of drug-likeness (QED) is 0.737. The van der Waals surface area contributed by atoms with Crippen LogP contribution in [0.1, 0.15) is 24.8 Å². The van der Waals surface area contributed by atoms with Gasteiger partial charge in [0, 0.05) is 19.5 Å². The molecule has 0 saturated heterocycles. The first kappa shape index (κ1) is 20.0. The van der Waals surface area contributed by atoms with Gasteiger partial charge in [-0.2, -0.15) is 0 Å². The summed E-state index contributed by atoms with van der Waals surface area (Å²) < 4.78 is 52.2. The van der Waals surface area contributed by atoms with Gasteiger partial charge in [-0.15, -0.1) is 0 Å². The van der Waals surface area contributed by atoms with Crippen LogP contribution >= 0.6 is 0 Å². The molecule has 8 heteroatoms. The lowest BCUT2D eigenvalue weighted by molar-refractivity contribution is -0.120. The van der Waals surface area contributed by atoms with Crippen LogP contribution in [0.3, 0.4) is 0 Å². The number of amides is 1. The molecule has 0 heterocycles. The van der Waals surface area contributed by atoms with Gasteiger partial charge >= 0.3 is 0 Å². The zero-order valence-corrected chi connectivity index (χ0v) is 15.0. The first-order valence-corrected chi connectivity index (χ1v) is 9.54. The summed E-state index contributed by atoms with van der Waals surface area (Å²) >= 11 is 0. The molecule has 0 bridgehead atoms. The van der Waals surface area contributed by atoms with E-state index in [4.69, 9.17) is 0 Å². The SMILES string of the molecule is C[C@H](CNC(=O)CCNS(=O)(=O)c1ccc(F)c(F)c1)c1ccccc1. The van der Waals surface area contributed by atoms with E-state index in [1.807, 2.05) is 37.3 Å². The molecule has 5 nitrogen and oxygen atoms in total. The van der Waals surface area contributed by atoms with Crippen LogP contribution in [0, 0.1) is 11.6 Å². The van der Waals surface area contributed by atoms with Crippen LogP contribution in [-0.2, 0) is 14.8 Å². The third kappa shape index (κ3) is 5.60. The largest absolute Gasteiger partial charge is 0.355 e. The minimum Gasteiger partial charge on any atom is -0.355 e. The van der Waals surface area contributed by atoms with Crippen molar-refractivity contribution in [3.63, 3.8) is 0 Å². The van der Waals surface area contributed by atoms with Gasteiger partial charge in [0.25, 0.3) is 0 Å². The Labute approximate surface area is 151 Å². The minimum atomic E-state index is -4.01. The van der Waals surface area contributed by atoms with Crippen LogP contribution in [0.4, 0.5) is 8.78 Å². The van der Waals surface area contributed by atoms with Gasteiger partial charge in [0.15, 0.2) is 11.6 Å². The van der Waals surface area contributed by atoms with E-state index in [0.717, 1.165) is 17.7 Å². The van der Waals surface area contributed by atoms with Crippen molar-refractivity contribution in [3.05, 3.63) is 65.7 Å². The molecule has 1 amide bonds. The maximum absolute atomic E-state index is 13.1. The molecule has 1 atom stereocenters. The number of nitrogens with one attached hydrogen (secondary N) is 2. The Hall–Kier alpha value is -2.32. The van der Waals surface area contributed by atoms with Gasteiger partial charge in [-0.3, -0.25) is 4.79 Å². The predicted octanol–water partition coefficient (Wildman–Crippen LogP) is 2.55. The van der Waals surface area contributed by atoms with Crippen molar-refractivity contribution >= 4 is 15.9 Å². The normalized spacial score (nSPS) is 12.6. The molecule has 2 aromatic carbocycles. The maximum Gasteiger partial charge on any atom is 0.240 e. The molecule has 0 saturated carbocycles. The second kappa shape index (κ2) is 8.86. The number of rotatable bonds is 8. The third-order valence-electron chi connectivity index (χ3n) is 3.82. The average Bonchev–Trinajstić information content (AvgIpc) is 2.62. The summed E-state index contributed by atoms with van der Waals surface area (Å²) in [7, 11) is -4.01. The fraction of sp³-hybridized carbons (Fsp3) is 0.278. The van der Waals surface area contributed by atoms with Gasteiger partial charge in [-0.25, -0.2) is 21.9 Å². The van der Waals surface area contributed by atoms with Crippen molar-refractivity contribution in [1.29, 1.82) is 0 Å². The summed E-state index contributed by atoms with van der Waals surface area (Å²) in [4.78, 5) is 11.5. The van der Waals surface area contributed by atoms with E-state index in [1.54, 1.807) is 0 Å². The van der Waals surface area contributed by atoms with Crippen LogP contribution in [0.25, 0.3) is 0 Å². The van der Waals surface area contributed by atoms with Gasteiger partial charge in [0.05, 0.1) is 4.90 Å². The topological polar surface area (TPSA) is 75.3 Å². The summed E-state index contributed by atoms with van der Waals surface area (Å²) in [5.41, 5.74) is 1.09. The predicted molar refractivity (Wildman–Crippen MR) is 94.0 cm³/mol. The highest BCUT2D eigenvalue weighted by Gasteiger charge is 2.16. The molecule has 0 aliphatic carbocycles. The van der Waals surface area contributed by atoms with E-state index in [1.165, 1.54) is 0 Å². The summed E-state index contributed by atoms with van der Waals surface area (Å²) in [6.07, 6.45) is -0.0651. The average molecular weight is 382 g/mol. The molecular weight excluding hydrogens is 362 g/mol. The number of halogens is 2. The maximum atomic E-state index is 13.1. The number of carbonyl (C=O) groups excluding carboxylic acids is 1. The van der Waals surface area contributed by atoms with Gasteiger partial charge in [0.2, 0.25) is 15.9 Å². The van der Waals surface area contributed by atoms with Crippen LogP contribution in [0.15, 0.2) is 53.4 Å². The van der Waals surface area contributed by atoms with E-state index in [-0.39, 0.29) is 24.8 Å². The highest BCUT2D eigenvalue weighted by Crippen LogP contribution is 2.14. The molecule has 0 aliphatic rings. The molecule has 0 aliphatic heterocycles. The van der Waals surface area contributed by atoms with Crippen molar-refractivity contribution < 1.29 is 22.0 Å². The number of benzene rings is 2. The highest BCUT2D eigenvalue weighted by atomic mass is 32.2. The minimum absolute atomic E-state index is 0.0651. The van der Waals surface area contributed by atoms with E-state index in [0.29, 0.717) is 12.6 Å². The summed E-state index contributed by atoms with van der Waals surface area (Å²) in [5.74, 6) is -2.56. The Balaban J connectivity index is 1.79. The smallest absolute Gasteiger partial charge is 0.240 e. The van der Waals surface area contributed by atoms with Crippen molar-refractivity contribution in [2.75, 3.05) is 13.1 Å². The lowest BCUT2D eigenvalue weighted by Gasteiger charge is -2.13. The first-order chi connectivity index (χ1) is 12.3. The lowest BCUT2D eigenvalue weighted by atomic mass is 10.0. The molecule has 2 N–H and O–H groups in total. The molecule has 26 heavy (non-hydrogen) atoms. The Kier molecular flexibility index (Phi) is 6.82. The Morgan fingerprint density at radius 1 is 1.08 bits per heavy atom. The lowest BCUT2D eigenvalue weighted by Crippen LogP contribution is -2.32. The van der Waals surface area contributed by atoms with Gasteiger partial charge in [0.1, 0.15) is 0 Å². The molecule has 0 fully saturated rings. The van der Waals surface area contributed by atoms with Crippen molar-refractivity contribution in [3.8, 4) is 0 Å². The highest BCUT2D eigenvalue weighted by molar-refractivity contribution is 7.89. The third-order valence-corrected chi connectivity index (χ3v) is 5.28. The Morgan fingerprint density at radius 2 is 1.77 bits per heavy atom. The second-order valence-corrected chi connectivity index (χ2v) is 7.61. The fourth-order valence-corrected chi connectivity index (χ4v) is 3.32. The van der Waals surface area contributed by atoms with Crippen molar-refractivity contribution in [1.82, 2.24) is 10.0 Å². The van der Waals surface area contributed by atoms with Crippen molar-refractivity contribution in [2.24, 2.45) is 0 Å². The molecule has 0 radical (unpaired) electrons. The van der Waals surface area contributed by atoms with Gasteiger partial charge in [-0.05, 0) is 29.7 Å². The van der Waals surface area contributed by atoms with E-state index < -0.39 is 26.6 Å². The zero-order chi connectivity index (χ0) is 19.2. The molecule has 0 unspecified atom stereocenters. The van der Waals surface area contributed by atoms with Gasteiger partial charge < -0.3 is 5.32 Å². The molecule has 2 aromatic rings. The summed E-state index contributed by atoms with van der Waals surface area (Å²) in [5, 5.41) is 2.74. The molecule has 0 aromatic heterocycles. The standard InChI is InChI=1S/C18H20F2N2O3S/c1-13(14-5-3-2-4-6-14)12-21-18(23)9-10-22-26(24,25)15-7-8-16(19)17(20)11-15/h2-8,11,13,22H,9-10,12H2,1H3,(H,21,23)/t13-/m1/s1. The monoisotopic (exact) mass is 382 g/mol. The Morgan fingerprint density at radius 3 is 2.42 bits per heavy atom. The van der Waals surface area contributed by atoms with Crippen LogP contribution < -0.4 is 10.0 Å². The molecule has 2 rings (SSSR count).